The quantitative estimate of drug-likeness (QED) is 0.338. The van der Waals surface area contributed by atoms with Gasteiger partial charge in [-0.05, 0) is 55.9 Å². The fourth-order valence-corrected chi connectivity index (χ4v) is 3.76. The molecule has 2 aromatic rings. The number of carboxylic acids is 1. The van der Waals surface area contributed by atoms with Crippen LogP contribution >= 0.6 is 0 Å². The Labute approximate surface area is 193 Å². The van der Waals surface area contributed by atoms with Gasteiger partial charge in [-0.3, -0.25) is 9.59 Å². The highest BCUT2D eigenvalue weighted by Gasteiger charge is 2.26. The van der Waals surface area contributed by atoms with Crippen LogP contribution < -0.4 is 5.32 Å². The fraction of sp³-hybridized carbons (Fsp3) is 0.542. The maximum Gasteiger partial charge on any atom is 0.305 e. The van der Waals surface area contributed by atoms with Crippen molar-refractivity contribution in [3.63, 3.8) is 0 Å². The number of carboxylic acid groups (broad SMARTS) is 1. The fourth-order valence-electron chi connectivity index (χ4n) is 3.76. The SMILES string of the molecule is CCCCNC(=O)c1nn(-c2ccc(F)cc2)c(CCC(O)CC(O)CC(=O)O)c1C(C)C. The van der Waals surface area contributed by atoms with Crippen molar-refractivity contribution in [3.05, 3.63) is 47.0 Å². The number of aliphatic carboxylic acids is 1. The van der Waals surface area contributed by atoms with Crippen molar-refractivity contribution < 1.29 is 29.3 Å². The summed E-state index contributed by atoms with van der Waals surface area (Å²) in [6.07, 6.45) is -0.234. The predicted octanol–water partition coefficient (Wildman–Crippen LogP) is 3.18. The Morgan fingerprint density at radius 1 is 1.15 bits per heavy atom. The second-order valence-corrected chi connectivity index (χ2v) is 8.54. The highest BCUT2D eigenvalue weighted by atomic mass is 19.1. The zero-order chi connectivity index (χ0) is 24.5. The summed E-state index contributed by atoms with van der Waals surface area (Å²) in [4.78, 5) is 23.7. The molecular weight excluding hydrogens is 429 g/mol. The van der Waals surface area contributed by atoms with Gasteiger partial charge >= 0.3 is 5.97 Å². The second kappa shape index (κ2) is 12.5. The number of hydrogen-bond donors (Lipinski definition) is 4. The van der Waals surface area contributed by atoms with Gasteiger partial charge in [0.1, 0.15) is 5.82 Å². The maximum absolute atomic E-state index is 13.5. The summed E-state index contributed by atoms with van der Waals surface area (Å²) in [6.45, 7) is 6.47. The molecule has 0 aliphatic heterocycles. The summed E-state index contributed by atoms with van der Waals surface area (Å²) in [5, 5.41) is 36.4. The van der Waals surface area contributed by atoms with Crippen LogP contribution in [0, 0.1) is 5.82 Å². The molecule has 1 heterocycles. The number of halogens is 1. The molecule has 2 atom stereocenters. The molecule has 0 radical (unpaired) electrons. The lowest BCUT2D eigenvalue weighted by molar-refractivity contribution is -0.139. The van der Waals surface area contributed by atoms with E-state index in [2.05, 4.69) is 10.4 Å². The van der Waals surface area contributed by atoms with Gasteiger partial charge in [0.25, 0.3) is 5.91 Å². The Hall–Kier alpha value is -2.78. The van der Waals surface area contributed by atoms with E-state index in [0.29, 0.717) is 30.0 Å². The summed E-state index contributed by atoms with van der Waals surface area (Å²) < 4.78 is 15.1. The molecule has 1 aromatic heterocycles. The lowest BCUT2D eigenvalue weighted by Gasteiger charge is -2.16. The topological polar surface area (TPSA) is 125 Å². The van der Waals surface area contributed by atoms with E-state index in [0.717, 1.165) is 18.4 Å². The molecule has 2 rings (SSSR count). The summed E-state index contributed by atoms with van der Waals surface area (Å²) in [7, 11) is 0. The van der Waals surface area contributed by atoms with Crippen LogP contribution in [0.5, 0.6) is 0 Å². The van der Waals surface area contributed by atoms with Crippen LogP contribution in [-0.2, 0) is 11.2 Å². The first kappa shape index (κ1) is 26.5. The molecule has 0 aliphatic rings. The Morgan fingerprint density at radius 2 is 1.82 bits per heavy atom. The molecule has 0 bridgehead atoms. The molecular formula is C24H34FN3O5. The van der Waals surface area contributed by atoms with E-state index >= 15 is 0 Å². The molecule has 0 saturated carbocycles. The molecule has 1 aromatic carbocycles. The number of carbonyl (C=O) groups is 2. The molecule has 33 heavy (non-hydrogen) atoms. The minimum absolute atomic E-state index is 0.0455. The summed E-state index contributed by atoms with van der Waals surface area (Å²) in [5.41, 5.74) is 2.33. The van der Waals surface area contributed by atoms with Gasteiger partial charge in [-0.1, -0.05) is 27.2 Å². The monoisotopic (exact) mass is 463 g/mol. The number of aromatic nitrogens is 2. The smallest absolute Gasteiger partial charge is 0.305 e. The lowest BCUT2D eigenvalue weighted by Crippen LogP contribution is -2.26. The summed E-state index contributed by atoms with van der Waals surface area (Å²) in [6, 6.07) is 5.77. The van der Waals surface area contributed by atoms with E-state index in [4.69, 9.17) is 5.11 Å². The Balaban J connectivity index is 2.37. The van der Waals surface area contributed by atoms with Crippen LogP contribution in [0.3, 0.4) is 0 Å². The molecule has 182 valence electrons. The normalized spacial score (nSPS) is 13.2. The van der Waals surface area contributed by atoms with Crippen molar-refractivity contribution in [2.24, 2.45) is 0 Å². The highest BCUT2D eigenvalue weighted by Crippen LogP contribution is 2.28. The van der Waals surface area contributed by atoms with Crippen molar-refractivity contribution in [1.29, 1.82) is 0 Å². The average Bonchev–Trinajstić information content (AvgIpc) is 3.12. The van der Waals surface area contributed by atoms with Crippen molar-refractivity contribution in [1.82, 2.24) is 15.1 Å². The van der Waals surface area contributed by atoms with Crippen LogP contribution in [0.25, 0.3) is 5.69 Å². The van der Waals surface area contributed by atoms with E-state index in [9.17, 15) is 24.2 Å². The number of aliphatic hydroxyl groups excluding tert-OH is 2. The minimum atomic E-state index is -1.15. The number of aliphatic hydroxyl groups is 2. The third kappa shape index (κ3) is 7.64. The van der Waals surface area contributed by atoms with Crippen LogP contribution in [-0.4, -0.2) is 55.7 Å². The number of nitrogens with zero attached hydrogens (tertiary/aromatic N) is 2. The zero-order valence-electron chi connectivity index (χ0n) is 19.4. The Morgan fingerprint density at radius 3 is 2.39 bits per heavy atom. The molecule has 2 unspecified atom stereocenters. The van der Waals surface area contributed by atoms with Crippen LogP contribution in [0.1, 0.15) is 80.5 Å². The van der Waals surface area contributed by atoms with E-state index in [-0.39, 0.29) is 24.7 Å². The average molecular weight is 464 g/mol. The van der Waals surface area contributed by atoms with Gasteiger partial charge < -0.3 is 20.6 Å². The molecule has 0 spiro atoms. The molecule has 8 nitrogen and oxygen atoms in total. The number of rotatable bonds is 13. The summed E-state index contributed by atoms with van der Waals surface area (Å²) in [5.74, 6) is -1.86. The number of unbranched alkanes of at least 4 members (excludes halogenated alkanes) is 1. The molecule has 9 heteroatoms. The van der Waals surface area contributed by atoms with Crippen LogP contribution in [0.4, 0.5) is 4.39 Å². The first-order valence-electron chi connectivity index (χ1n) is 11.4. The number of amides is 1. The molecule has 4 N–H and O–H groups in total. The predicted molar refractivity (Wildman–Crippen MR) is 122 cm³/mol. The van der Waals surface area contributed by atoms with E-state index < -0.39 is 30.4 Å². The third-order valence-corrected chi connectivity index (χ3v) is 5.37. The van der Waals surface area contributed by atoms with Gasteiger partial charge in [-0.2, -0.15) is 5.10 Å². The number of carbonyl (C=O) groups excluding carboxylic acids is 1. The molecule has 1 amide bonds. The third-order valence-electron chi connectivity index (χ3n) is 5.37. The number of benzene rings is 1. The van der Waals surface area contributed by atoms with Gasteiger partial charge in [-0.25, -0.2) is 9.07 Å². The number of hydrogen-bond acceptors (Lipinski definition) is 5. The first-order chi connectivity index (χ1) is 15.6. The van der Waals surface area contributed by atoms with E-state index in [1.807, 2.05) is 20.8 Å². The van der Waals surface area contributed by atoms with Crippen molar-refractivity contribution >= 4 is 11.9 Å². The van der Waals surface area contributed by atoms with Gasteiger partial charge in [0, 0.05) is 17.8 Å². The van der Waals surface area contributed by atoms with Gasteiger partial charge in [0.15, 0.2) is 5.69 Å². The number of nitrogens with one attached hydrogen (secondary N) is 1. The van der Waals surface area contributed by atoms with Gasteiger partial charge in [0.05, 0.1) is 24.3 Å². The van der Waals surface area contributed by atoms with E-state index in [1.54, 1.807) is 16.8 Å². The molecule has 0 fully saturated rings. The molecule has 0 aliphatic carbocycles. The standard InChI is InChI=1S/C24H34FN3O5/c1-4-5-12-26-24(33)23-22(15(2)3)20(11-10-18(29)13-19(30)14-21(31)32)28(27-23)17-8-6-16(25)7-9-17/h6-9,15,18-19,29-30H,4-5,10-14H2,1-3H3,(H,26,33)(H,31,32). The van der Waals surface area contributed by atoms with Crippen LogP contribution in [0.15, 0.2) is 24.3 Å². The van der Waals surface area contributed by atoms with E-state index in [1.165, 1.54) is 12.1 Å². The minimum Gasteiger partial charge on any atom is -0.481 e. The van der Waals surface area contributed by atoms with Gasteiger partial charge in [-0.15, -0.1) is 0 Å². The summed E-state index contributed by atoms with van der Waals surface area (Å²) >= 11 is 0. The molecule has 0 saturated heterocycles. The van der Waals surface area contributed by atoms with Crippen molar-refractivity contribution in [2.45, 2.75) is 77.4 Å². The zero-order valence-corrected chi connectivity index (χ0v) is 19.4. The van der Waals surface area contributed by atoms with Crippen LogP contribution in [0.2, 0.25) is 0 Å². The van der Waals surface area contributed by atoms with Crippen molar-refractivity contribution in [2.75, 3.05) is 6.54 Å². The lowest BCUT2D eigenvalue weighted by atomic mass is 9.95. The first-order valence-corrected chi connectivity index (χ1v) is 11.4. The largest absolute Gasteiger partial charge is 0.481 e. The Kier molecular flexibility index (Phi) is 9.99. The van der Waals surface area contributed by atoms with Crippen molar-refractivity contribution in [3.8, 4) is 5.69 Å². The maximum atomic E-state index is 13.5. The highest BCUT2D eigenvalue weighted by molar-refractivity contribution is 5.94. The van der Waals surface area contributed by atoms with Gasteiger partial charge in [0.2, 0.25) is 0 Å². The Bertz CT molecular complexity index is 927. The second-order valence-electron chi connectivity index (χ2n) is 8.54.